The highest BCUT2D eigenvalue weighted by molar-refractivity contribution is 5.06. The van der Waals surface area contributed by atoms with Crippen LogP contribution in [0.2, 0.25) is 0 Å². The van der Waals surface area contributed by atoms with Gasteiger partial charge in [-0.3, -0.25) is 9.97 Å². The molecule has 1 heterocycles. The summed E-state index contributed by atoms with van der Waals surface area (Å²) in [6, 6.07) is 0. The minimum atomic E-state index is -1.49. The second-order valence-electron chi connectivity index (χ2n) is 2.82. The van der Waals surface area contributed by atoms with Crippen LogP contribution in [-0.4, -0.2) is 43.3 Å². The van der Waals surface area contributed by atoms with E-state index in [1.54, 1.807) is 0 Å². The van der Waals surface area contributed by atoms with Crippen molar-refractivity contribution in [3.63, 3.8) is 0 Å². The van der Waals surface area contributed by atoms with E-state index in [2.05, 4.69) is 9.97 Å². The lowest BCUT2D eigenvalue weighted by Crippen LogP contribution is -2.12. The molecule has 0 saturated heterocycles. The molecule has 14 heavy (non-hydrogen) atoms. The first-order valence-corrected chi connectivity index (χ1v) is 4.09. The Morgan fingerprint density at radius 1 is 1.21 bits per heavy atom. The van der Waals surface area contributed by atoms with Crippen molar-refractivity contribution in [2.24, 2.45) is 0 Å². The molecule has 1 aromatic rings. The highest BCUT2D eigenvalue weighted by atomic mass is 16.5. The Morgan fingerprint density at radius 3 is 2.50 bits per heavy atom. The van der Waals surface area contributed by atoms with Crippen molar-refractivity contribution < 1.29 is 20.4 Å². The largest absolute Gasteiger partial charge is 0.393 e. The van der Waals surface area contributed by atoms with E-state index in [0.717, 1.165) is 0 Å². The van der Waals surface area contributed by atoms with Crippen LogP contribution in [0.5, 0.6) is 0 Å². The smallest absolute Gasteiger partial charge is 0.157 e. The third-order valence-corrected chi connectivity index (χ3v) is 1.61. The fourth-order valence-corrected chi connectivity index (χ4v) is 0.963. The molecule has 0 radical (unpaired) electrons. The Balaban J connectivity index is 2.78. The van der Waals surface area contributed by atoms with Gasteiger partial charge in [-0.2, -0.15) is 0 Å². The second kappa shape index (κ2) is 4.97. The number of aliphatic hydroxyl groups is 4. The average molecular weight is 200 g/mol. The van der Waals surface area contributed by atoms with Crippen molar-refractivity contribution in [2.45, 2.75) is 18.8 Å². The first-order chi connectivity index (χ1) is 6.63. The highest BCUT2D eigenvalue weighted by Crippen LogP contribution is 2.08. The first kappa shape index (κ1) is 11.0. The second-order valence-corrected chi connectivity index (χ2v) is 2.82. The van der Waals surface area contributed by atoms with Gasteiger partial charge in [-0.15, -0.1) is 0 Å². The van der Waals surface area contributed by atoms with Gasteiger partial charge in [-0.05, 0) is 0 Å². The average Bonchev–Trinajstić information content (AvgIpc) is 2.16. The van der Waals surface area contributed by atoms with E-state index in [1.165, 1.54) is 12.4 Å². The standard InChI is InChI=1S/C8H12N2O4/c11-4-7(12)6-3-9-2-5(10-6)1-8(13)14/h2-3,7-8,11-14H,1,4H2. The maximum atomic E-state index is 9.21. The quantitative estimate of drug-likeness (QED) is 0.434. The third-order valence-electron chi connectivity index (χ3n) is 1.61. The summed E-state index contributed by atoms with van der Waals surface area (Å²) < 4.78 is 0. The summed E-state index contributed by atoms with van der Waals surface area (Å²) in [4.78, 5) is 7.64. The molecule has 78 valence electrons. The zero-order valence-corrected chi connectivity index (χ0v) is 7.41. The van der Waals surface area contributed by atoms with Gasteiger partial charge in [0.25, 0.3) is 0 Å². The molecule has 0 aliphatic carbocycles. The van der Waals surface area contributed by atoms with Crippen LogP contribution in [0.25, 0.3) is 0 Å². The normalized spacial score (nSPS) is 13.2. The van der Waals surface area contributed by atoms with Crippen LogP contribution in [0.1, 0.15) is 17.5 Å². The van der Waals surface area contributed by atoms with Gasteiger partial charge in [0.05, 0.1) is 24.2 Å². The molecule has 4 N–H and O–H groups in total. The molecule has 0 aromatic carbocycles. The molecular weight excluding hydrogens is 188 g/mol. The van der Waals surface area contributed by atoms with E-state index < -0.39 is 19.0 Å². The van der Waals surface area contributed by atoms with Crippen molar-refractivity contribution in [3.05, 3.63) is 23.8 Å². The van der Waals surface area contributed by atoms with Gasteiger partial charge in [0.2, 0.25) is 0 Å². The van der Waals surface area contributed by atoms with Crippen LogP contribution < -0.4 is 0 Å². The Hall–Kier alpha value is -1.08. The Kier molecular flexibility index (Phi) is 3.90. The molecule has 0 bridgehead atoms. The zero-order chi connectivity index (χ0) is 10.6. The fraction of sp³-hybridized carbons (Fsp3) is 0.500. The number of hydrogen-bond donors (Lipinski definition) is 4. The van der Waals surface area contributed by atoms with Gasteiger partial charge in [-0.1, -0.05) is 0 Å². The van der Waals surface area contributed by atoms with Crippen molar-refractivity contribution >= 4 is 0 Å². The number of aliphatic hydroxyl groups excluding tert-OH is 3. The molecule has 6 nitrogen and oxygen atoms in total. The van der Waals surface area contributed by atoms with Crippen LogP contribution >= 0.6 is 0 Å². The maximum Gasteiger partial charge on any atom is 0.157 e. The van der Waals surface area contributed by atoms with Gasteiger partial charge >= 0.3 is 0 Å². The van der Waals surface area contributed by atoms with Crippen molar-refractivity contribution in [1.82, 2.24) is 9.97 Å². The van der Waals surface area contributed by atoms with Crippen LogP contribution in [-0.2, 0) is 6.42 Å². The molecule has 1 atom stereocenters. The Labute approximate surface area is 80.5 Å². The Bertz CT molecular complexity index is 292. The van der Waals surface area contributed by atoms with Gasteiger partial charge < -0.3 is 20.4 Å². The molecule has 0 spiro atoms. The van der Waals surface area contributed by atoms with E-state index in [0.29, 0.717) is 5.69 Å². The van der Waals surface area contributed by atoms with E-state index in [9.17, 15) is 5.11 Å². The molecule has 6 heteroatoms. The minimum absolute atomic E-state index is 0.0566. The minimum Gasteiger partial charge on any atom is -0.393 e. The first-order valence-electron chi connectivity index (χ1n) is 4.09. The van der Waals surface area contributed by atoms with Crippen LogP contribution in [0.3, 0.4) is 0 Å². The van der Waals surface area contributed by atoms with Crippen molar-refractivity contribution in [3.8, 4) is 0 Å². The third kappa shape index (κ3) is 3.00. The lowest BCUT2D eigenvalue weighted by atomic mass is 10.2. The van der Waals surface area contributed by atoms with Crippen molar-refractivity contribution in [2.75, 3.05) is 6.61 Å². The summed E-state index contributed by atoms with van der Waals surface area (Å²) in [5, 5.41) is 35.2. The van der Waals surface area contributed by atoms with E-state index >= 15 is 0 Å². The SMILES string of the molecule is OCC(O)c1cncc(CC(O)O)n1. The zero-order valence-electron chi connectivity index (χ0n) is 7.41. The van der Waals surface area contributed by atoms with Crippen molar-refractivity contribution in [1.29, 1.82) is 0 Å². The molecule has 0 aliphatic rings. The topological polar surface area (TPSA) is 107 Å². The fourth-order valence-electron chi connectivity index (χ4n) is 0.963. The van der Waals surface area contributed by atoms with Gasteiger partial charge in [0.1, 0.15) is 6.10 Å². The lowest BCUT2D eigenvalue weighted by Gasteiger charge is -2.08. The molecule has 1 rings (SSSR count). The van der Waals surface area contributed by atoms with Gasteiger partial charge in [-0.25, -0.2) is 0 Å². The summed E-state index contributed by atoms with van der Waals surface area (Å²) in [5.41, 5.74) is 0.565. The molecule has 0 amide bonds. The number of aromatic nitrogens is 2. The molecule has 0 fully saturated rings. The predicted octanol–water partition coefficient (Wildman–Crippen LogP) is -1.64. The molecule has 1 unspecified atom stereocenters. The Morgan fingerprint density at radius 2 is 1.93 bits per heavy atom. The van der Waals surface area contributed by atoms with E-state index in [1.807, 2.05) is 0 Å². The van der Waals surface area contributed by atoms with E-state index in [4.69, 9.17) is 15.3 Å². The van der Waals surface area contributed by atoms with E-state index in [-0.39, 0.29) is 12.1 Å². The predicted molar refractivity (Wildman–Crippen MR) is 46.0 cm³/mol. The molecular formula is C8H12N2O4. The number of hydrogen-bond acceptors (Lipinski definition) is 6. The number of rotatable bonds is 4. The molecule has 1 aromatic heterocycles. The summed E-state index contributed by atoms with van der Waals surface area (Å²) in [6.45, 7) is -0.445. The summed E-state index contributed by atoms with van der Waals surface area (Å²) >= 11 is 0. The number of nitrogens with zero attached hydrogens (tertiary/aromatic N) is 2. The summed E-state index contributed by atoms with van der Waals surface area (Å²) in [7, 11) is 0. The van der Waals surface area contributed by atoms with Gasteiger partial charge in [0.15, 0.2) is 6.29 Å². The van der Waals surface area contributed by atoms with Gasteiger partial charge in [0, 0.05) is 12.6 Å². The van der Waals surface area contributed by atoms with Crippen LogP contribution in [0.4, 0.5) is 0 Å². The summed E-state index contributed by atoms with van der Waals surface area (Å²) in [6.07, 6.45) is 0.0456. The van der Waals surface area contributed by atoms with Crippen LogP contribution in [0.15, 0.2) is 12.4 Å². The highest BCUT2D eigenvalue weighted by Gasteiger charge is 2.09. The molecule has 0 aliphatic heterocycles. The molecule has 0 saturated carbocycles. The lowest BCUT2D eigenvalue weighted by molar-refractivity contribution is -0.0389. The maximum absolute atomic E-state index is 9.21. The summed E-state index contributed by atoms with van der Waals surface area (Å²) in [5.74, 6) is 0. The monoisotopic (exact) mass is 200 g/mol. The van der Waals surface area contributed by atoms with Crippen LogP contribution in [0, 0.1) is 0 Å².